The summed E-state index contributed by atoms with van der Waals surface area (Å²) < 4.78 is 40.1. The van der Waals surface area contributed by atoms with E-state index in [1.165, 1.54) is 4.31 Å². The van der Waals surface area contributed by atoms with Crippen LogP contribution in [-0.2, 0) is 39.1 Å². The zero-order chi connectivity index (χ0) is 22.7. The maximum atomic E-state index is 13.0. The number of ether oxygens (including phenoxy) is 2. The van der Waals surface area contributed by atoms with E-state index in [2.05, 4.69) is 11.9 Å². The largest absolute Gasteiger partial charge is 0.454 e. The minimum atomic E-state index is -3.61. The predicted octanol–water partition coefficient (Wildman–Crippen LogP) is 3.00. The molecular formula is C23H27N3O5S. The van der Waals surface area contributed by atoms with Gasteiger partial charge in [-0.05, 0) is 49.2 Å². The molecule has 0 aliphatic carbocycles. The molecule has 0 saturated carbocycles. The lowest BCUT2D eigenvalue weighted by molar-refractivity contribution is 0.0458. The summed E-state index contributed by atoms with van der Waals surface area (Å²) in [5.41, 5.74) is 2.99. The topological polar surface area (TPSA) is 90.7 Å². The van der Waals surface area contributed by atoms with Crippen molar-refractivity contribution in [2.45, 2.75) is 38.3 Å². The van der Waals surface area contributed by atoms with E-state index in [4.69, 9.17) is 9.47 Å². The minimum Gasteiger partial charge on any atom is -0.454 e. The summed E-state index contributed by atoms with van der Waals surface area (Å²) in [5, 5.41) is 0. The number of aryl methyl sites for hydroxylation is 2. The summed E-state index contributed by atoms with van der Waals surface area (Å²) >= 11 is 0. The fourth-order valence-electron chi connectivity index (χ4n) is 3.81. The van der Waals surface area contributed by atoms with E-state index in [1.807, 2.05) is 23.6 Å². The lowest BCUT2D eigenvalue weighted by atomic mass is 10.1. The average Bonchev–Trinajstić information content (AvgIpc) is 3.19. The van der Waals surface area contributed by atoms with Crippen LogP contribution >= 0.6 is 0 Å². The smallest absolute Gasteiger partial charge is 0.338 e. The SMILES string of the molecule is CCc1ccc(C(=O)OCc2nc3cc(S(=O)(=O)N4CCOCC4)ccc3n2CC)cc1. The van der Waals surface area contributed by atoms with Gasteiger partial charge in [0.15, 0.2) is 0 Å². The first kappa shape index (κ1) is 22.4. The number of nitrogens with zero attached hydrogens (tertiary/aromatic N) is 3. The van der Waals surface area contributed by atoms with Crippen molar-refractivity contribution < 1.29 is 22.7 Å². The number of benzene rings is 2. The maximum Gasteiger partial charge on any atom is 0.338 e. The molecule has 0 N–H and O–H groups in total. The number of imidazole rings is 1. The van der Waals surface area contributed by atoms with Gasteiger partial charge >= 0.3 is 5.97 Å². The molecule has 32 heavy (non-hydrogen) atoms. The average molecular weight is 458 g/mol. The third-order valence-corrected chi connectivity index (χ3v) is 7.55. The van der Waals surface area contributed by atoms with E-state index < -0.39 is 16.0 Å². The van der Waals surface area contributed by atoms with E-state index in [1.54, 1.807) is 30.3 Å². The number of sulfonamides is 1. The van der Waals surface area contributed by atoms with Crippen LogP contribution in [0, 0.1) is 0 Å². The lowest BCUT2D eigenvalue weighted by Gasteiger charge is -2.26. The van der Waals surface area contributed by atoms with Gasteiger partial charge in [0, 0.05) is 19.6 Å². The molecule has 2 heterocycles. The Balaban J connectivity index is 1.56. The number of hydrogen-bond donors (Lipinski definition) is 0. The second-order valence-corrected chi connectivity index (χ2v) is 9.50. The van der Waals surface area contributed by atoms with E-state index in [0.717, 1.165) is 17.5 Å². The molecule has 3 aromatic rings. The highest BCUT2D eigenvalue weighted by Gasteiger charge is 2.27. The number of morpholine rings is 1. The monoisotopic (exact) mass is 457 g/mol. The van der Waals surface area contributed by atoms with Gasteiger partial charge in [0.25, 0.3) is 0 Å². The second kappa shape index (κ2) is 9.40. The Hall–Kier alpha value is -2.75. The maximum absolute atomic E-state index is 13.0. The number of fused-ring (bicyclic) bond motifs is 1. The molecular weight excluding hydrogens is 430 g/mol. The lowest BCUT2D eigenvalue weighted by Crippen LogP contribution is -2.40. The molecule has 1 aliphatic rings. The molecule has 0 bridgehead atoms. The van der Waals surface area contributed by atoms with Gasteiger partial charge in [-0.15, -0.1) is 0 Å². The third-order valence-electron chi connectivity index (χ3n) is 5.65. The molecule has 0 spiro atoms. The summed E-state index contributed by atoms with van der Waals surface area (Å²) in [6.07, 6.45) is 0.902. The summed E-state index contributed by atoms with van der Waals surface area (Å²) in [6.45, 7) is 6.10. The summed E-state index contributed by atoms with van der Waals surface area (Å²) in [6, 6.07) is 12.3. The van der Waals surface area contributed by atoms with Crippen molar-refractivity contribution in [3.63, 3.8) is 0 Å². The minimum absolute atomic E-state index is 0.00241. The van der Waals surface area contributed by atoms with Gasteiger partial charge in [-0.1, -0.05) is 19.1 Å². The first-order chi connectivity index (χ1) is 15.4. The summed E-state index contributed by atoms with van der Waals surface area (Å²) in [7, 11) is -3.61. The van der Waals surface area contributed by atoms with Gasteiger partial charge in [0.1, 0.15) is 12.4 Å². The van der Waals surface area contributed by atoms with Gasteiger partial charge < -0.3 is 14.0 Å². The van der Waals surface area contributed by atoms with Gasteiger partial charge in [-0.25, -0.2) is 18.2 Å². The fourth-order valence-corrected chi connectivity index (χ4v) is 5.24. The highest BCUT2D eigenvalue weighted by atomic mass is 32.2. The van der Waals surface area contributed by atoms with Crippen molar-refractivity contribution in [1.82, 2.24) is 13.9 Å². The quantitative estimate of drug-likeness (QED) is 0.507. The van der Waals surface area contributed by atoms with Crippen molar-refractivity contribution in [3.05, 3.63) is 59.4 Å². The number of carbonyl (C=O) groups is 1. The highest BCUT2D eigenvalue weighted by molar-refractivity contribution is 7.89. The third kappa shape index (κ3) is 4.41. The van der Waals surface area contributed by atoms with Crippen LogP contribution in [-0.4, -0.2) is 54.5 Å². The Morgan fingerprint density at radius 1 is 1.09 bits per heavy atom. The van der Waals surface area contributed by atoms with Crippen LogP contribution in [0.2, 0.25) is 0 Å². The van der Waals surface area contributed by atoms with E-state index >= 15 is 0 Å². The standard InChI is InChI=1S/C23H27N3O5S/c1-3-17-5-7-18(8-6-17)23(27)31-16-22-24-20-15-19(9-10-21(20)26(22)4-2)32(28,29)25-11-13-30-14-12-25/h5-10,15H,3-4,11-14,16H2,1-2H3. The molecule has 1 aliphatic heterocycles. The molecule has 0 unspecified atom stereocenters. The number of hydrogen-bond acceptors (Lipinski definition) is 6. The van der Waals surface area contributed by atoms with Crippen molar-refractivity contribution in [2.24, 2.45) is 0 Å². The van der Waals surface area contributed by atoms with Crippen LogP contribution in [0.4, 0.5) is 0 Å². The van der Waals surface area contributed by atoms with E-state index in [0.29, 0.717) is 49.8 Å². The Morgan fingerprint density at radius 2 is 1.81 bits per heavy atom. The zero-order valence-electron chi connectivity index (χ0n) is 18.3. The Bertz CT molecular complexity index is 1210. The van der Waals surface area contributed by atoms with Crippen LogP contribution in [0.15, 0.2) is 47.4 Å². The van der Waals surface area contributed by atoms with Gasteiger partial charge in [-0.2, -0.15) is 4.31 Å². The number of esters is 1. The zero-order valence-corrected chi connectivity index (χ0v) is 19.1. The first-order valence-corrected chi connectivity index (χ1v) is 12.2. The molecule has 170 valence electrons. The molecule has 0 radical (unpaired) electrons. The van der Waals surface area contributed by atoms with Crippen LogP contribution in [0.5, 0.6) is 0 Å². The molecule has 4 rings (SSSR count). The van der Waals surface area contributed by atoms with Crippen LogP contribution in [0.1, 0.15) is 35.6 Å². The first-order valence-electron chi connectivity index (χ1n) is 10.8. The summed E-state index contributed by atoms with van der Waals surface area (Å²) in [5.74, 6) is 0.153. The van der Waals surface area contributed by atoms with Crippen LogP contribution in [0.3, 0.4) is 0 Å². The van der Waals surface area contributed by atoms with Crippen molar-refractivity contribution in [3.8, 4) is 0 Å². The molecule has 1 aromatic heterocycles. The summed E-state index contributed by atoms with van der Waals surface area (Å²) in [4.78, 5) is 17.2. The van der Waals surface area contributed by atoms with Gasteiger partial charge in [-0.3, -0.25) is 0 Å². The molecule has 9 heteroatoms. The van der Waals surface area contributed by atoms with E-state index in [-0.39, 0.29) is 11.5 Å². The molecule has 0 amide bonds. The van der Waals surface area contributed by atoms with Crippen molar-refractivity contribution in [1.29, 1.82) is 0 Å². The Kier molecular flexibility index (Phi) is 6.59. The predicted molar refractivity (Wildman–Crippen MR) is 120 cm³/mol. The molecule has 2 aromatic carbocycles. The Morgan fingerprint density at radius 3 is 2.47 bits per heavy atom. The normalized spacial score (nSPS) is 15.2. The van der Waals surface area contributed by atoms with Gasteiger partial charge in [0.05, 0.1) is 34.7 Å². The number of rotatable bonds is 7. The van der Waals surface area contributed by atoms with Gasteiger partial charge in [0.2, 0.25) is 10.0 Å². The molecule has 8 nitrogen and oxygen atoms in total. The van der Waals surface area contributed by atoms with Crippen molar-refractivity contribution >= 4 is 27.0 Å². The molecule has 1 saturated heterocycles. The van der Waals surface area contributed by atoms with Crippen LogP contribution < -0.4 is 0 Å². The second-order valence-electron chi connectivity index (χ2n) is 7.57. The van der Waals surface area contributed by atoms with Crippen molar-refractivity contribution in [2.75, 3.05) is 26.3 Å². The Labute approximate surface area is 187 Å². The van der Waals surface area contributed by atoms with E-state index in [9.17, 15) is 13.2 Å². The highest BCUT2D eigenvalue weighted by Crippen LogP contribution is 2.24. The number of aromatic nitrogens is 2. The number of carbonyl (C=O) groups excluding carboxylic acids is 1. The molecule has 1 fully saturated rings. The fraction of sp³-hybridized carbons (Fsp3) is 0.391. The molecule has 0 atom stereocenters. The van der Waals surface area contributed by atoms with Crippen LogP contribution in [0.25, 0.3) is 11.0 Å².